The Labute approximate surface area is 161 Å². The summed E-state index contributed by atoms with van der Waals surface area (Å²) in [6.45, 7) is 0. The van der Waals surface area contributed by atoms with Gasteiger partial charge in [-0.15, -0.1) is 34.5 Å². The van der Waals surface area contributed by atoms with E-state index in [-0.39, 0.29) is 4.88 Å². The van der Waals surface area contributed by atoms with Gasteiger partial charge in [0.2, 0.25) is 5.91 Å². The van der Waals surface area contributed by atoms with Crippen LogP contribution < -0.4 is 5.32 Å². The summed E-state index contributed by atoms with van der Waals surface area (Å²) in [6.07, 6.45) is 0. The van der Waals surface area contributed by atoms with Crippen LogP contribution in [0.4, 0.5) is 5.69 Å². The molecule has 1 saturated carbocycles. The molecule has 2 N–H and O–H groups in total. The van der Waals surface area contributed by atoms with Crippen molar-refractivity contribution in [3.05, 3.63) is 50.1 Å². The summed E-state index contributed by atoms with van der Waals surface area (Å²) in [5, 5.41) is 13.9. The van der Waals surface area contributed by atoms with Crippen LogP contribution in [0.15, 0.2) is 29.6 Å². The van der Waals surface area contributed by atoms with Crippen molar-refractivity contribution in [2.75, 3.05) is 5.32 Å². The summed E-state index contributed by atoms with van der Waals surface area (Å²) >= 11 is 25.5. The molecule has 0 spiro atoms. The number of amides is 1. The average molecular weight is 425 g/mol. The van der Waals surface area contributed by atoms with E-state index >= 15 is 0 Å². The molecule has 1 aliphatic carbocycles. The molecule has 3 rings (SSSR count). The molecule has 1 aromatic heterocycles. The second kappa shape index (κ2) is 6.39. The van der Waals surface area contributed by atoms with Crippen molar-refractivity contribution >= 4 is 75.3 Å². The van der Waals surface area contributed by atoms with E-state index in [9.17, 15) is 9.59 Å². The highest BCUT2D eigenvalue weighted by Gasteiger charge is 2.67. The molecule has 4 nitrogen and oxygen atoms in total. The highest BCUT2D eigenvalue weighted by molar-refractivity contribution is 7.12. The molecule has 0 bridgehead atoms. The van der Waals surface area contributed by atoms with Crippen molar-refractivity contribution in [1.29, 1.82) is 0 Å². The quantitative estimate of drug-likeness (QED) is 0.656. The standard InChI is InChI=1S/C15H9Cl4NO3S/c16-7-1-6(2-8(17)3-7)11-12(15(11,18)19)13(21)20-9-4-10(14(22)23)24-5-9/h1-5,11-12H,(H,20,21)(H,22,23). The van der Waals surface area contributed by atoms with Crippen molar-refractivity contribution in [3.63, 3.8) is 0 Å². The van der Waals surface area contributed by atoms with Gasteiger partial charge >= 0.3 is 5.97 Å². The van der Waals surface area contributed by atoms with Gasteiger partial charge in [0.1, 0.15) is 9.21 Å². The first-order chi connectivity index (χ1) is 11.2. The Bertz CT molecular complexity index is 816. The van der Waals surface area contributed by atoms with Crippen LogP contribution in [0.25, 0.3) is 0 Å². The number of carbonyl (C=O) groups excluding carboxylic acids is 1. The van der Waals surface area contributed by atoms with Crippen LogP contribution in [-0.2, 0) is 4.79 Å². The number of halogens is 4. The predicted molar refractivity (Wildman–Crippen MR) is 97.0 cm³/mol. The molecule has 0 saturated heterocycles. The maximum absolute atomic E-state index is 12.4. The summed E-state index contributed by atoms with van der Waals surface area (Å²) in [5.41, 5.74) is 1.07. The van der Waals surface area contributed by atoms with Crippen molar-refractivity contribution in [2.45, 2.75) is 10.3 Å². The third-order valence-electron chi connectivity index (χ3n) is 3.66. The van der Waals surface area contributed by atoms with Crippen LogP contribution >= 0.6 is 57.7 Å². The second-order valence-corrected chi connectivity index (χ2v) is 8.56. The Hall–Kier alpha value is -0.980. The lowest BCUT2D eigenvalue weighted by Gasteiger charge is -2.03. The molecule has 126 valence electrons. The largest absolute Gasteiger partial charge is 0.477 e. The predicted octanol–water partition coefficient (Wildman–Crippen LogP) is 5.28. The molecular weight excluding hydrogens is 416 g/mol. The molecule has 1 heterocycles. The van der Waals surface area contributed by atoms with Gasteiger partial charge in [0, 0.05) is 21.3 Å². The number of thiophene rings is 1. The number of carbonyl (C=O) groups is 2. The third kappa shape index (κ3) is 3.37. The fourth-order valence-electron chi connectivity index (χ4n) is 2.56. The average Bonchev–Trinajstić information content (AvgIpc) is 2.79. The van der Waals surface area contributed by atoms with E-state index in [2.05, 4.69) is 5.32 Å². The zero-order valence-electron chi connectivity index (χ0n) is 11.7. The molecule has 2 aromatic rings. The van der Waals surface area contributed by atoms with Gasteiger partial charge in [0.05, 0.1) is 11.6 Å². The molecule has 24 heavy (non-hydrogen) atoms. The van der Waals surface area contributed by atoms with E-state index in [0.717, 1.165) is 11.3 Å². The summed E-state index contributed by atoms with van der Waals surface area (Å²) < 4.78 is -1.27. The second-order valence-electron chi connectivity index (χ2n) is 5.33. The lowest BCUT2D eigenvalue weighted by Crippen LogP contribution is -2.16. The minimum Gasteiger partial charge on any atom is -0.477 e. The van der Waals surface area contributed by atoms with Crippen LogP contribution in [0.3, 0.4) is 0 Å². The number of anilines is 1. The molecule has 0 aliphatic heterocycles. The number of benzene rings is 1. The Kier molecular flexibility index (Phi) is 4.75. The van der Waals surface area contributed by atoms with Gasteiger partial charge < -0.3 is 10.4 Å². The maximum Gasteiger partial charge on any atom is 0.345 e. The van der Waals surface area contributed by atoms with E-state index in [0.29, 0.717) is 21.3 Å². The van der Waals surface area contributed by atoms with Crippen LogP contribution in [0.5, 0.6) is 0 Å². The minimum absolute atomic E-state index is 0.127. The van der Waals surface area contributed by atoms with Crippen LogP contribution in [0.2, 0.25) is 10.0 Å². The molecule has 1 aromatic carbocycles. The van der Waals surface area contributed by atoms with Crippen molar-refractivity contribution < 1.29 is 14.7 Å². The van der Waals surface area contributed by atoms with Gasteiger partial charge in [-0.1, -0.05) is 23.2 Å². The molecule has 1 aliphatic rings. The van der Waals surface area contributed by atoms with Crippen molar-refractivity contribution in [3.8, 4) is 0 Å². The van der Waals surface area contributed by atoms with Gasteiger partial charge in [0.15, 0.2) is 0 Å². The van der Waals surface area contributed by atoms with E-state index in [1.165, 1.54) is 6.07 Å². The molecule has 2 atom stereocenters. The van der Waals surface area contributed by atoms with E-state index in [4.69, 9.17) is 51.5 Å². The Morgan fingerprint density at radius 3 is 2.29 bits per heavy atom. The maximum atomic E-state index is 12.4. The Morgan fingerprint density at radius 1 is 1.12 bits per heavy atom. The number of carboxylic acids is 1. The Balaban J connectivity index is 1.78. The van der Waals surface area contributed by atoms with Crippen molar-refractivity contribution in [2.24, 2.45) is 5.92 Å². The first kappa shape index (κ1) is 17.8. The topological polar surface area (TPSA) is 66.4 Å². The van der Waals surface area contributed by atoms with Crippen LogP contribution in [-0.4, -0.2) is 21.3 Å². The van der Waals surface area contributed by atoms with E-state index in [1.807, 2.05) is 0 Å². The van der Waals surface area contributed by atoms with E-state index < -0.39 is 28.0 Å². The fourth-order valence-corrected chi connectivity index (χ4v) is 4.60. The lowest BCUT2D eigenvalue weighted by molar-refractivity contribution is -0.117. The number of hydrogen-bond donors (Lipinski definition) is 2. The van der Waals surface area contributed by atoms with Gasteiger partial charge in [-0.2, -0.15) is 0 Å². The van der Waals surface area contributed by atoms with Gasteiger partial charge in [-0.25, -0.2) is 4.79 Å². The number of alkyl halides is 2. The number of nitrogens with one attached hydrogen (secondary N) is 1. The van der Waals surface area contributed by atoms with Gasteiger partial charge in [0.25, 0.3) is 0 Å². The molecule has 1 fully saturated rings. The van der Waals surface area contributed by atoms with Gasteiger partial charge in [-0.05, 0) is 29.8 Å². The fraction of sp³-hybridized carbons (Fsp3) is 0.200. The SMILES string of the molecule is O=C(O)c1cc(NC(=O)C2C(c3cc(Cl)cc(Cl)c3)C2(Cl)Cl)cs1. The molecule has 2 unspecified atom stereocenters. The Morgan fingerprint density at radius 2 is 1.75 bits per heavy atom. The number of aromatic carboxylic acids is 1. The summed E-state index contributed by atoms with van der Waals surface area (Å²) in [5.74, 6) is -2.59. The highest BCUT2D eigenvalue weighted by atomic mass is 35.5. The van der Waals surface area contributed by atoms with E-state index in [1.54, 1.807) is 23.6 Å². The zero-order chi connectivity index (χ0) is 17.6. The molecule has 0 radical (unpaired) electrons. The lowest BCUT2D eigenvalue weighted by atomic mass is 10.1. The van der Waals surface area contributed by atoms with Gasteiger partial charge in [-0.3, -0.25) is 4.79 Å². The molecule has 9 heteroatoms. The number of rotatable bonds is 4. The summed E-state index contributed by atoms with van der Waals surface area (Å²) in [6, 6.07) is 6.28. The smallest absolute Gasteiger partial charge is 0.345 e. The normalized spacial score (nSPS) is 21.3. The number of hydrogen-bond acceptors (Lipinski definition) is 3. The zero-order valence-corrected chi connectivity index (χ0v) is 15.6. The van der Waals surface area contributed by atoms with Crippen LogP contribution in [0, 0.1) is 5.92 Å². The minimum atomic E-state index is -1.27. The third-order valence-corrected chi connectivity index (χ3v) is 5.95. The molecule has 1 amide bonds. The monoisotopic (exact) mass is 423 g/mol. The highest BCUT2D eigenvalue weighted by Crippen LogP contribution is 2.65. The summed E-state index contributed by atoms with van der Waals surface area (Å²) in [7, 11) is 0. The van der Waals surface area contributed by atoms with Crippen LogP contribution in [0.1, 0.15) is 21.2 Å². The number of carboxylic acid groups (broad SMARTS) is 1. The summed E-state index contributed by atoms with van der Waals surface area (Å²) in [4.78, 5) is 23.4. The first-order valence-corrected chi connectivity index (χ1v) is 9.06. The molecular formula is C15H9Cl4NO3S. The first-order valence-electron chi connectivity index (χ1n) is 6.66. The van der Waals surface area contributed by atoms with Crippen molar-refractivity contribution in [1.82, 2.24) is 0 Å².